The number of hydrogen-bond acceptors (Lipinski definition) is 7. The summed E-state index contributed by atoms with van der Waals surface area (Å²) in [7, 11) is 0. The van der Waals surface area contributed by atoms with Crippen molar-refractivity contribution < 1.29 is 9.21 Å². The Morgan fingerprint density at radius 3 is 3.11 bits per heavy atom. The zero-order valence-electron chi connectivity index (χ0n) is 16.2. The molecule has 1 amide bonds. The number of likely N-dealkylation sites (tertiary alicyclic amines) is 1. The molecule has 3 aromatic heterocycles. The maximum absolute atomic E-state index is 12.8. The van der Waals surface area contributed by atoms with Gasteiger partial charge in [-0.3, -0.25) is 9.69 Å². The van der Waals surface area contributed by atoms with Gasteiger partial charge in [0.05, 0.1) is 23.1 Å². The van der Waals surface area contributed by atoms with Gasteiger partial charge in [-0.1, -0.05) is 6.92 Å². The van der Waals surface area contributed by atoms with E-state index >= 15 is 0 Å². The highest BCUT2D eigenvalue weighted by molar-refractivity contribution is 7.20. The molecule has 28 heavy (non-hydrogen) atoms. The van der Waals surface area contributed by atoms with Crippen LogP contribution in [0.2, 0.25) is 0 Å². The van der Waals surface area contributed by atoms with Crippen molar-refractivity contribution in [2.45, 2.75) is 39.3 Å². The van der Waals surface area contributed by atoms with Crippen LogP contribution in [0.25, 0.3) is 10.2 Å². The third-order valence-corrected chi connectivity index (χ3v) is 6.55. The molecule has 3 aromatic rings. The van der Waals surface area contributed by atoms with Gasteiger partial charge in [0.2, 0.25) is 0 Å². The molecular weight excluding hydrogens is 374 g/mol. The maximum Gasteiger partial charge on any atom is 0.261 e. The number of aromatic nitrogens is 2. The quantitative estimate of drug-likeness (QED) is 0.633. The van der Waals surface area contributed by atoms with Crippen molar-refractivity contribution in [3.63, 3.8) is 0 Å². The van der Waals surface area contributed by atoms with Crippen LogP contribution in [-0.2, 0) is 6.54 Å². The van der Waals surface area contributed by atoms with Gasteiger partial charge >= 0.3 is 0 Å². The zero-order valence-corrected chi connectivity index (χ0v) is 17.0. The molecule has 1 atom stereocenters. The summed E-state index contributed by atoms with van der Waals surface area (Å²) in [5.41, 5.74) is 0.916. The van der Waals surface area contributed by atoms with E-state index < -0.39 is 0 Å². The Balaban J connectivity index is 1.50. The Bertz CT molecular complexity index is 953. The van der Waals surface area contributed by atoms with Crippen molar-refractivity contribution in [3.8, 4) is 0 Å². The fourth-order valence-corrected chi connectivity index (χ4v) is 4.90. The molecule has 0 bridgehead atoms. The molecule has 0 aliphatic carbocycles. The molecular formula is C20H25N5O2S. The first-order valence-corrected chi connectivity index (χ1v) is 10.5. The SMILES string of the molecule is CCN1CCCC1CNC(=O)c1sc2ncnc(NCc3ccco3)c2c1C. The van der Waals surface area contributed by atoms with Crippen LogP contribution in [0.4, 0.5) is 5.82 Å². The normalized spacial score (nSPS) is 17.3. The Labute approximate surface area is 168 Å². The van der Waals surface area contributed by atoms with Crippen molar-refractivity contribution in [3.05, 3.63) is 40.9 Å². The first-order valence-electron chi connectivity index (χ1n) is 9.70. The lowest BCUT2D eigenvalue weighted by molar-refractivity contribution is 0.0945. The van der Waals surface area contributed by atoms with Gasteiger partial charge in [0, 0.05) is 12.6 Å². The number of nitrogens with zero attached hydrogens (tertiary/aromatic N) is 3. The van der Waals surface area contributed by atoms with E-state index in [9.17, 15) is 4.79 Å². The minimum atomic E-state index is -0.0274. The molecule has 1 fully saturated rings. The molecule has 0 aromatic carbocycles. The van der Waals surface area contributed by atoms with E-state index in [1.165, 1.54) is 24.1 Å². The van der Waals surface area contributed by atoms with Crippen LogP contribution in [0.15, 0.2) is 29.1 Å². The maximum atomic E-state index is 12.8. The molecule has 4 rings (SSSR count). The molecule has 2 N–H and O–H groups in total. The van der Waals surface area contributed by atoms with Crippen molar-refractivity contribution in [1.29, 1.82) is 0 Å². The van der Waals surface area contributed by atoms with Crippen LogP contribution >= 0.6 is 11.3 Å². The molecule has 0 radical (unpaired) electrons. The van der Waals surface area contributed by atoms with E-state index in [0.29, 0.717) is 24.0 Å². The second-order valence-electron chi connectivity index (χ2n) is 7.03. The van der Waals surface area contributed by atoms with Crippen molar-refractivity contribution in [2.75, 3.05) is 25.0 Å². The number of amides is 1. The summed E-state index contributed by atoms with van der Waals surface area (Å²) in [6, 6.07) is 4.20. The van der Waals surface area contributed by atoms with Gasteiger partial charge < -0.3 is 15.1 Å². The van der Waals surface area contributed by atoms with E-state index in [-0.39, 0.29) is 5.91 Å². The van der Waals surface area contributed by atoms with Gasteiger partial charge in [0.25, 0.3) is 5.91 Å². The highest BCUT2D eigenvalue weighted by atomic mass is 32.1. The van der Waals surface area contributed by atoms with Crippen LogP contribution in [0, 0.1) is 6.92 Å². The lowest BCUT2D eigenvalue weighted by Crippen LogP contribution is -2.39. The minimum Gasteiger partial charge on any atom is -0.467 e. The second-order valence-corrected chi connectivity index (χ2v) is 8.03. The summed E-state index contributed by atoms with van der Waals surface area (Å²) >= 11 is 1.42. The van der Waals surface area contributed by atoms with E-state index in [1.54, 1.807) is 6.26 Å². The number of carbonyl (C=O) groups excluding carboxylic acids is 1. The van der Waals surface area contributed by atoms with Crippen molar-refractivity contribution in [2.24, 2.45) is 0 Å². The van der Waals surface area contributed by atoms with Crippen LogP contribution in [0.1, 0.15) is 40.8 Å². The van der Waals surface area contributed by atoms with Crippen LogP contribution in [0.5, 0.6) is 0 Å². The molecule has 1 saturated heterocycles. The number of thiophene rings is 1. The minimum absolute atomic E-state index is 0.0274. The molecule has 148 valence electrons. The summed E-state index contributed by atoms with van der Waals surface area (Å²) in [5, 5.41) is 7.33. The average Bonchev–Trinajstić information content (AvgIpc) is 3.45. The van der Waals surface area contributed by atoms with E-state index in [2.05, 4.69) is 32.4 Å². The Morgan fingerprint density at radius 1 is 1.43 bits per heavy atom. The predicted molar refractivity (Wildman–Crippen MR) is 111 cm³/mol. The zero-order chi connectivity index (χ0) is 19.5. The smallest absolute Gasteiger partial charge is 0.261 e. The average molecular weight is 400 g/mol. The molecule has 4 heterocycles. The third-order valence-electron chi connectivity index (χ3n) is 5.35. The van der Waals surface area contributed by atoms with E-state index in [0.717, 1.165) is 46.9 Å². The van der Waals surface area contributed by atoms with Crippen LogP contribution in [-0.4, -0.2) is 46.5 Å². The molecule has 1 unspecified atom stereocenters. The van der Waals surface area contributed by atoms with Crippen molar-refractivity contribution in [1.82, 2.24) is 20.2 Å². The number of nitrogens with one attached hydrogen (secondary N) is 2. The topological polar surface area (TPSA) is 83.3 Å². The number of fused-ring (bicyclic) bond motifs is 1. The summed E-state index contributed by atoms with van der Waals surface area (Å²) in [6.45, 7) is 7.51. The van der Waals surface area contributed by atoms with Crippen LogP contribution < -0.4 is 10.6 Å². The third kappa shape index (κ3) is 3.74. The summed E-state index contributed by atoms with van der Waals surface area (Å²) in [6.07, 6.45) is 5.53. The van der Waals surface area contributed by atoms with Crippen molar-refractivity contribution >= 4 is 33.3 Å². The van der Waals surface area contributed by atoms with E-state index in [4.69, 9.17) is 4.42 Å². The van der Waals surface area contributed by atoms with E-state index in [1.807, 2.05) is 19.1 Å². The molecule has 1 aliphatic heterocycles. The standard InChI is InChI=1S/C20H25N5O2S/c1-3-25-8-4-6-14(25)10-22-19(26)17-13(2)16-18(23-12-24-20(16)28-17)21-11-15-7-5-9-27-15/h5,7,9,12,14H,3-4,6,8,10-11H2,1-2H3,(H,22,26)(H,21,23,24). The highest BCUT2D eigenvalue weighted by Gasteiger charge is 2.25. The molecule has 1 aliphatic rings. The lowest BCUT2D eigenvalue weighted by atomic mass is 10.2. The Hall–Kier alpha value is -2.45. The molecule has 0 saturated carbocycles. The monoisotopic (exact) mass is 399 g/mol. The summed E-state index contributed by atoms with van der Waals surface area (Å²) < 4.78 is 5.37. The number of hydrogen-bond donors (Lipinski definition) is 2. The largest absolute Gasteiger partial charge is 0.467 e. The van der Waals surface area contributed by atoms with Gasteiger partial charge in [-0.25, -0.2) is 9.97 Å². The van der Waals surface area contributed by atoms with Crippen LogP contribution in [0.3, 0.4) is 0 Å². The number of anilines is 1. The number of rotatable bonds is 7. The van der Waals surface area contributed by atoms with Gasteiger partial charge in [-0.15, -0.1) is 11.3 Å². The first kappa shape index (κ1) is 18.9. The Kier molecular flexibility index (Phi) is 5.59. The van der Waals surface area contributed by atoms with Gasteiger partial charge in [-0.2, -0.15) is 0 Å². The van der Waals surface area contributed by atoms with Gasteiger partial charge in [0.1, 0.15) is 22.7 Å². The summed E-state index contributed by atoms with van der Waals surface area (Å²) in [4.78, 5) is 25.5. The fraction of sp³-hybridized carbons (Fsp3) is 0.450. The molecule has 0 spiro atoms. The number of furan rings is 1. The highest BCUT2D eigenvalue weighted by Crippen LogP contribution is 2.33. The number of aryl methyl sites for hydroxylation is 1. The first-order chi connectivity index (χ1) is 13.7. The molecule has 8 heteroatoms. The molecule has 7 nitrogen and oxygen atoms in total. The predicted octanol–water partition coefficient (Wildman–Crippen LogP) is 3.42. The fourth-order valence-electron chi connectivity index (χ4n) is 3.84. The lowest BCUT2D eigenvalue weighted by Gasteiger charge is -2.22. The summed E-state index contributed by atoms with van der Waals surface area (Å²) in [5.74, 6) is 1.53. The second kappa shape index (κ2) is 8.28. The number of carbonyl (C=O) groups is 1. The van der Waals surface area contributed by atoms with Gasteiger partial charge in [-0.05, 0) is 50.6 Å². The number of likely N-dealkylation sites (N-methyl/N-ethyl adjacent to an activating group) is 1. The van der Waals surface area contributed by atoms with Gasteiger partial charge in [0.15, 0.2) is 0 Å². The Morgan fingerprint density at radius 2 is 2.32 bits per heavy atom.